The van der Waals surface area contributed by atoms with Crippen molar-refractivity contribution in [3.05, 3.63) is 106 Å². The molecule has 0 heterocycles. The molecule has 0 saturated carbocycles. The number of hydrogen-bond acceptors (Lipinski definition) is 5. The number of carbonyl (C=O) groups excluding carboxylic acids is 2. The van der Waals surface area contributed by atoms with Crippen molar-refractivity contribution in [2.75, 3.05) is 23.8 Å². The van der Waals surface area contributed by atoms with E-state index in [0.717, 1.165) is 11.1 Å². The minimum absolute atomic E-state index is 0.128. The SMILES string of the molecule is Cc1cc(Cl)ccc1OCC(=O)Nc1ccc(Oc2ccc(NC(=O)COc3ccc(Cl)cc3C)cc2)cc1. The Morgan fingerprint density at radius 1 is 0.615 bits per heavy atom. The molecule has 0 bridgehead atoms. The van der Waals surface area contributed by atoms with Crippen molar-refractivity contribution in [3.8, 4) is 23.0 Å². The van der Waals surface area contributed by atoms with Gasteiger partial charge in [0.15, 0.2) is 13.2 Å². The monoisotopic (exact) mass is 564 g/mol. The Morgan fingerprint density at radius 3 is 1.36 bits per heavy atom. The Kier molecular flexibility index (Phi) is 9.31. The molecule has 39 heavy (non-hydrogen) atoms. The molecule has 7 nitrogen and oxygen atoms in total. The Morgan fingerprint density at radius 2 is 1.00 bits per heavy atom. The summed E-state index contributed by atoms with van der Waals surface area (Å²) in [6, 6.07) is 24.3. The second kappa shape index (κ2) is 13.0. The summed E-state index contributed by atoms with van der Waals surface area (Å²) in [5.74, 6) is 1.80. The number of nitrogens with one attached hydrogen (secondary N) is 2. The van der Waals surface area contributed by atoms with Gasteiger partial charge in [-0.15, -0.1) is 0 Å². The second-order valence-corrected chi connectivity index (χ2v) is 9.52. The zero-order chi connectivity index (χ0) is 27.8. The van der Waals surface area contributed by atoms with E-state index in [1.165, 1.54) is 0 Å². The molecule has 0 saturated heterocycles. The van der Waals surface area contributed by atoms with E-state index in [1.54, 1.807) is 84.9 Å². The van der Waals surface area contributed by atoms with Crippen LogP contribution in [0.2, 0.25) is 10.0 Å². The number of ether oxygens (including phenoxy) is 3. The second-order valence-electron chi connectivity index (χ2n) is 8.64. The van der Waals surface area contributed by atoms with Crippen LogP contribution in [0.5, 0.6) is 23.0 Å². The summed E-state index contributed by atoms with van der Waals surface area (Å²) in [5.41, 5.74) is 2.92. The van der Waals surface area contributed by atoms with Gasteiger partial charge in [-0.25, -0.2) is 0 Å². The molecule has 0 unspecified atom stereocenters. The lowest BCUT2D eigenvalue weighted by Crippen LogP contribution is -2.20. The van der Waals surface area contributed by atoms with Crippen LogP contribution in [0, 0.1) is 13.8 Å². The van der Waals surface area contributed by atoms with Crippen molar-refractivity contribution in [1.82, 2.24) is 0 Å². The number of rotatable bonds is 10. The lowest BCUT2D eigenvalue weighted by Gasteiger charge is -2.11. The van der Waals surface area contributed by atoms with Gasteiger partial charge < -0.3 is 24.8 Å². The molecular weight excluding hydrogens is 539 g/mol. The maximum atomic E-state index is 12.3. The van der Waals surface area contributed by atoms with Gasteiger partial charge in [0.1, 0.15) is 23.0 Å². The molecule has 0 radical (unpaired) electrons. The standard InChI is InChI=1S/C30H26Cl2N2O5/c1-19-15-21(31)3-13-27(19)37-17-29(35)33-23-5-9-25(10-6-23)39-26-11-7-24(8-12-26)34-30(36)18-38-28-14-4-22(32)16-20(28)2/h3-16H,17-18H2,1-2H3,(H,33,35)(H,34,36). The molecule has 0 aliphatic carbocycles. The minimum Gasteiger partial charge on any atom is -0.483 e. The number of benzene rings is 4. The lowest BCUT2D eigenvalue weighted by molar-refractivity contribution is -0.118. The van der Waals surface area contributed by atoms with Gasteiger partial charge >= 0.3 is 0 Å². The van der Waals surface area contributed by atoms with Crippen molar-refractivity contribution >= 4 is 46.4 Å². The fourth-order valence-corrected chi connectivity index (χ4v) is 4.03. The van der Waals surface area contributed by atoms with Gasteiger partial charge in [-0.1, -0.05) is 23.2 Å². The minimum atomic E-state index is -0.288. The molecule has 9 heteroatoms. The summed E-state index contributed by atoms with van der Waals surface area (Å²) in [6.45, 7) is 3.47. The zero-order valence-corrected chi connectivity index (χ0v) is 22.8. The average molecular weight is 565 g/mol. The fraction of sp³-hybridized carbons (Fsp3) is 0.133. The highest BCUT2D eigenvalue weighted by Crippen LogP contribution is 2.26. The molecule has 2 amide bonds. The third-order valence-corrected chi connectivity index (χ3v) is 5.97. The fourth-order valence-electron chi connectivity index (χ4n) is 3.58. The van der Waals surface area contributed by atoms with Crippen LogP contribution in [0.15, 0.2) is 84.9 Å². The van der Waals surface area contributed by atoms with Gasteiger partial charge in [-0.05, 0) is 110 Å². The molecule has 0 aromatic heterocycles. The number of carbonyl (C=O) groups is 2. The number of halogens is 2. The molecule has 200 valence electrons. The Bertz CT molecular complexity index is 1350. The lowest BCUT2D eigenvalue weighted by atomic mass is 10.2. The molecular formula is C30H26Cl2N2O5. The third kappa shape index (κ3) is 8.40. The van der Waals surface area contributed by atoms with Crippen LogP contribution in [0.4, 0.5) is 11.4 Å². The van der Waals surface area contributed by atoms with E-state index < -0.39 is 0 Å². The van der Waals surface area contributed by atoms with Crippen LogP contribution < -0.4 is 24.8 Å². The molecule has 0 aliphatic rings. The molecule has 0 aliphatic heterocycles. The van der Waals surface area contributed by atoms with Crippen molar-refractivity contribution in [2.45, 2.75) is 13.8 Å². The van der Waals surface area contributed by atoms with E-state index in [2.05, 4.69) is 10.6 Å². The van der Waals surface area contributed by atoms with Gasteiger partial charge in [-0.3, -0.25) is 9.59 Å². The summed E-state index contributed by atoms with van der Waals surface area (Å²) in [6.07, 6.45) is 0. The molecule has 0 fully saturated rings. The summed E-state index contributed by atoms with van der Waals surface area (Å²) in [4.78, 5) is 24.5. The van der Waals surface area contributed by atoms with Crippen molar-refractivity contribution in [3.63, 3.8) is 0 Å². The number of aryl methyl sites for hydroxylation is 2. The van der Waals surface area contributed by atoms with E-state index in [1.807, 2.05) is 13.8 Å². The normalized spacial score (nSPS) is 10.5. The van der Waals surface area contributed by atoms with Gasteiger partial charge in [-0.2, -0.15) is 0 Å². The van der Waals surface area contributed by atoms with E-state index in [4.69, 9.17) is 37.4 Å². The van der Waals surface area contributed by atoms with Gasteiger partial charge in [0, 0.05) is 21.4 Å². The molecule has 4 aromatic rings. The highest BCUT2D eigenvalue weighted by atomic mass is 35.5. The van der Waals surface area contributed by atoms with E-state index in [0.29, 0.717) is 44.4 Å². The highest BCUT2D eigenvalue weighted by molar-refractivity contribution is 6.31. The number of amides is 2. The molecule has 2 N–H and O–H groups in total. The first kappa shape index (κ1) is 27.8. The Hall–Kier alpha value is -4.20. The molecule has 4 aromatic carbocycles. The van der Waals surface area contributed by atoms with Crippen molar-refractivity contribution in [2.24, 2.45) is 0 Å². The maximum Gasteiger partial charge on any atom is 0.262 e. The predicted octanol–water partition coefficient (Wildman–Crippen LogP) is 7.44. The van der Waals surface area contributed by atoms with Gasteiger partial charge in [0.2, 0.25) is 0 Å². The largest absolute Gasteiger partial charge is 0.483 e. The van der Waals surface area contributed by atoms with Gasteiger partial charge in [0.25, 0.3) is 11.8 Å². The topological polar surface area (TPSA) is 85.9 Å². The molecule has 4 rings (SSSR count). The van der Waals surface area contributed by atoms with Gasteiger partial charge in [0.05, 0.1) is 0 Å². The molecule has 0 atom stereocenters. The maximum absolute atomic E-state index is 12.3. The number of hydrogen-bond donors (Lipinski definition) is 2. The Labute approximate surface area is 236 Å². The van der Waals surface area contributed by atoms with E-state index in [9.17, 15) is 9.59 Å². The summed E-state index contributed by atoms with van der Waals surface area (Å²) in [7, 11) is 0. The van der Waals surface area contributed by atoms with Crippen LogP contribution in [-0.4, -0.2) is 25.0 Å². The first-order valence-corrected chi connectivity index (χ1v) is 12.8. The summed E-state index contributed by atoms with van der Waals surface area (Å²) >= 11 is 11.9. The van der Waals surface area contributed by atoms with Crippen LogP contribution >= 0.6 is 23.2 Å². The summed E-state index contributed by atoms with van der Waals surface area (Å²) < 4.78 is 17.0. The first-order valence-electron chi connectivity index (χ1n) is 12.0. The smallest absolute Gasteiger partial charge is 0.262 e. The van der Waals surface area contributed by atoms with Crippen LogP contribution in [0.1, 0.15) is 11.1 Å². The third-order valence-electron chi connectivity index (χ3n) is 5.50. The Balaban J connectivity index is 1.22. The predicted molar refractivity (Wildman–Crippen MR) is 154 cm³/mol. The first-order chi connectivity index (χ1) is 18.7. The van der Waals surface area contributed by atoms with Crippen molar-refractivity contribution < 1.29 is 23.8 Å². The van der Waals surface area contributed by atoms with Crippen molar-refractivity contribution in [1.29, 1.82) is 0 Å². The summed E-state index contributed by atoms with van der Waals surface area (Å²) in [5, 5.41) is 6.79. The van der Waals surface area contributed by atoms with E-state index in [-0.39, 0.29) is 25.0 Å². The quantitative estimate of drug-likeness (QED) is 0.209. The average Bonchev–Trinajstić information content (AvgIpc) is 2.90. The van der Waals surface area contributed by atoms with Crippen LogP contribution in [0.25, 0.3) is 0 Å². The molecule has 0 spiro atoms. The van der Waals surface area contributed by atoms with Crippen LogP contribution in [-0.2, 0) is 9.59 Å². The van der Waals surface area contributed by atoms with E-state index >= 15 is 0 Å². The highest BCUT2D eigenvalue weighted by Gasteiger charge is 2.08. The zero-order valence-electron chi connectivity index (χ0n) is 21.3. The van der Waals surface area contributed by atoms with Crippen LogP contribution in [0.3, 0.4) is 0 Å². The number of anilines is 2.